The largest absolute Gasteiger partial charge is 0.491 e. The van der Waals surface area contributed by atoms with Gasteiger partial charge in [-0.3, -0.25) is 0 Å². The number of rotatable bonds is 0. The molecule has 0 rings (SSSR count). The summed E-state index contributed by atoms with van der Waals surface area (Å²) in [5.41, 5.74) is 0. The fraction of sp³-hybridized carbons (Fsp3) is 0. The van der Waals surface area contributed by atoms with E-state index in [0.717, 1.165) is 0 Å². The Morgan fingerprint density at radius 1 is 1.75 bits per heavy atom. The summed E-state index contributed by atoms with van der Waals surface area (Å²) < 4.78 is 8.51. The normalized spacial score (nSPS) is 5.25. The first-order valence-corrected chi connectivity index (χ1v) is 1.28. The fourth-order valence-corrected chi connectivity index (χ4v) is 0. The summed E-state index contributed by atoms with van der Waals surface area (Å²) in [5.74, 6) is 0. The van der Waals surface area contributed by atoms with Crippen LogP contribution in [0.1, 0.15) is 0 Å². The van der Waals surface area contributed by atoms with Crippen LogP contribution in [-0.2, 0) is 4.57 Å². The molecule has 4 heavy (non-hydrogen) atoms. The molecule has 2 nitrogen and oxygen atoms in total. The smallest absolute Gasteiger partial charge is 0.162 e. The van der Waals surface area contributed by atoms with E-state index >= 15 is 0 Å². The molecule has 0 aliphatic rings. The molecule has 0 fully saturated rings. The van der Waals surface area contributed by atoms with Gasteiger partial charge in [-0.2, -0.15) is 4.89 Å². The van der Waals surface area contributed by atoms with Gasteiger partial charge >= 0.3 is 8.69 Å². The topological polar surface area (TPSA) is 37.3 Å². The van der Waals surface area contributed by atoms with E-state index in [2.05, 4.69) is 0 Å². The second kappa shape index (κ2) is 9.13. The van der Waals surface area contributed by atoms with Gasteiger partial charge < -0.3 is 0 Å². The molecule has 0 bridgehead atoms. The zero-order valence-corrected chi connectivity index (χ0v) is 5.71. The van der Waals surface area contributed by atoms with Crippen molar-refractivity contribution in [2.45, 2.75) is 0 Å². The van der Waals surface area contributed by atoms with Crippen LogP contribution < -0.4 is 0 Å². The zero-order chi connectivity index (χ0) is 2.71. The van der Waals surface area contributed by atoms with E-state index in [-0.39, 0.29) is 23.9 Å². The maximum Gasteiger partial charge on any atom is 0.491 e. The van der Waals surface area contributed by atoms with E-state index in [9.17, 15) is 0 Å². The summed E-state index contributed by atoms with van der Waals surface area (Å²) in [5, 5.41) is 0. The second-order valence-corrected chi connectivity index (χ2v) is 0.274. The average molecular weight is 184 g/mol. The Kier molecular flexibility index (Phi) is 20.2. The van der Waals surface area contributed by atoms with Crippen LogP contribution in [0, 0.1) is 0 Å². The minimum Gasteiger partial charge on any atom is -0.162 e. The average Bonchev–Trinajstić information content (AvgIpc) is 0.918. The molecular formula is H2O2PSn+. The summed E-state index contributed by atoms with van der Waals surface area (Å²) in [4.78, 5) is 7.04. The maximum atomic E-state index is 8.51. The molecule has 0 saturated carbocycles. The molecule has 1 atom stereocenters. The van der Waals surface area contributed by atoms with Gasteiger partial charge in [0.1, 0.15) is 0 Å². The molecule has 22 valence electrons. The van der Waals surface area contributed by atoms with Crippen molar-refractivity contribution >= 4 is 32.6 Å². The van der Waals surface area contributed by atoms with Crippen molar-refractivity contribution < 1.29 is 9.46 Å². The van der Waals surface area contributed by atoms with Crippen LogP contribution in [0.4, 0.5) is 0 Å². The Balaban J connectivity index is 0. The third-order valence-corrected chi connectivity index (χ3v) is 0. The van der Waals surface area contributed by atoms with Crippen molar-refractivity contribution in [2.24, 2.45) is 0 Å². The third-order valence-electron chi connectivity index (χ3n) is 0. The first kappa shape index (κ1) is 8.85. The molecule has 1 N–H and O–H groups in total. The SMILES string of the molecule is O=[PH+]O.[Sn]. The molecule has 4 heteroatoms. The van der Waals surface area contributed by atoms with Gasteiger partial charge in [-0.25, -0.2) is 0 Å². The molecule has 0 spiro atoms. The summed E-state index contributed by atoms with van der Waals surface area (Å²) in [6.07, 6.45) is 0. The summed E-state index contributed by atoms with van der Waals surface area (Å²) in [6, 6.07) is 0. The third kappa shape index (κ3) is 13.4. The van der Waals surface area contributed by atoms with Gasteiger partial charge in [-0.05, 0) is 4.57 Å². The first-order chi connectivity index (χ1) is 1.41. The molecule has 1 unspecified atom stereocenters. The molecule has 0 aromatic carbocycles. The van der Waals surface area contributed by atoms with Crippen molar-refractivity contribution in [3.05, 3.63) is 0 Å². The van der Waals surface area contributed by atoms with Crippen molar-refractivity contribution in [1.29, 1.82) is 0 Å². The van der Waals surface area contributed by atoms with E-state index in [1.54, 1.807) is 0 Å². The van der Waals surface area contributed by atoms with E-state index < -0.39 is 8.69 Å². The van der Waals surface area contributed by atoms with Crippen LogP contribution >= 0.6 is 8.69 Å². The molecule has 0 saturated heterocycles. The number of hydrogen-bond donors (Lipinski definition) is 1. The minimum atomic E-state index is -1.17. The minimum absolute atomic E-state index is 0. The van der Waals surface area contributed by atoms with Gasteiger partial charge in [0.15, 0.2) is 0 Å². The van der Waals surface area contributed by atoms with Gasteiger partial charge in [0.2, 0.25) is 0 Å². The Morgan fingerprint density at radius 2 is 1.75 bits per heavy atom. The first-order valence-electron chi connectivity index (χ1n) is 0.428. The van der Waals surface area contributed by atoms with Crippen LogP contribution in [0.25, 0.3) is 0 Å². The fourth-order valence-electron chi connectivity index (χ4n) is 0. The monoisotopic (exact) mass is 185 g/mol. The molecule has 0 aliphatic heterocycles. The van der Waals surface area contributed by atoms with Gasteiger partial charge in [-0.1, -0.05) is 0 Å². The van der Waals surface area contributed by atoms with Crippen molar-refractivity contribution in [2.75, 3.05) is 0 Å². The second-order valence-electron chi connectivity index (χ2n) is 0.0913. The molecule has 0 aromatic rings. The van der Waals surface area contributed by atoms with E-state index in [1.807, 2.05) is 0 Å². The predicted molar refractivity (Wildman–Crippen MR) is 17.0 cm³/mol. The number of hydrogen-bond acceptors (Lipinski definition) is 1. The standard InChI is InChI=1S/HO2P.Sn/c1-3-2;/h3H;/p+1. The molecular weight excluding hydrogens is 182 g/mol. The Labute approximate surface area is 42.5 Å². The maximum absolute atomic E-state index is 8.51. The van der Waals surface area contributed by atoms with Crippen molar-refractivity contribution in [1.82, 2.24) is 0 Å². The quantitative estimate of drug-likeness (QED) is 0.408. The van der Waals surface area contributed by atoms with E-state index in [0.29, 0.717) is 0 Å². The van der Waals surface area contributed by atoms with Crippen LogP contribution in [0.3, 0.4) is 0 Å². The van der Waals surface area contributed by atoms with Gasteiger partial charge in [0, 0.05) is 23.9 Å². The van der Waals surface area contributed by atoms with Crippen LogP contribution in [0.5, 0.6) is 0 Å². The van der Waals surface area contributed by atoms with Crippen LogP contribution in [0.2, 0.25) is 0 Å². The van der Waals surface area contributed by atoms with E-state index in [4.69, 9.17) is 9.46 Å². The van der Waals surface area contributed by atoms with Crippen molar-refractivity contribution in [3.8, 4) is 0 Å². The van der Waals surface area contributed by atoms with E-state index in [1.165, 1.54) is 0 Å². The summed E-state index contributed by atoms with van der Waals surface area (Å²) in [6.45, 7) is 0. The molecule has 0 aromatic heterocycles. The Morgan fingerprint density at radius 3 is 1.75 bits per heavy atom. The van der Waals surface area contributed by atoms with Crippen LogP contribution in [-0.4, -0.2) is 28.8 Å². The van der Waals surface area contributed by atoms with Crippen LogP contribution in [0.15, 0.2) is 0 Å². The molecule has 0 aliphatic carbocycles. The Hall–Kier alpha value is 0.859. The zero-order valence-electron chi connectivity index (χ0n) is 1.86. The Bertz CT molecular complexity index is 13.5. The summed E-state index contributed by atoms with van der Waals surface area (Å²) >= 11 is 0. The van der Waals surface area contributed by atoms with Gasteiger partial charge in [-0.15, -0.1) is 0 Å². The summed E-state index contributed by atoms with van der Waals surface area (Å²) in [7, 11) is -1.17. The molecule has 4 radical (unpaired) electrons. The predicted octanol–water partition coefficient (Wildman–Crippen LogP) is -0.463. The van der Waals surface area contributed by atoms with Gasteiger partial charge in [0.05, 0.1) is 0 Å². The van der Waals surface area contributed by atoms with Gasteiger partial charge in [0.25, 0.3) is 0 Å². The van der Waals surface area contributed by atoms with Crippen molar-refractivity contribution in [3.63, 3.8) is 0 Å². The molecule has 0 amide bonds. The molecule has 0 heterocycles.